The van der Waals surface area contributed by atoms with Gasteiger partial charge in [-0.2, -0.15) is 14.6 Å². The maximum atomic E-state index is 13.4. The van der Waals surface area contributed by atoms with Crippen molar-refractivity contribution in [2.75, 3.05) is 25.5 Å². The third-order valence-corrected chi connectivity index (χ3v) is 5.74. The minimum Gasteiger partial charge on any atom is -0.461 e. The zero-order chi connectivity index (χ0) is 23.3. The molecule has 0 aliphatic carbocycles. The van der Waals surface area contributed by atoms with Crippen LogP contribution in [0.2, 0.25) is 0 Å². The Bertz CT molecular complexity index is 1490. The fourth-order valence-electron chi connectivity index (χ4n) is 3.95. The van der Waals surface area contributed by atoms with Crippen LogP contribution in [0.5, 0.6) is 0 Å². The molecule has 0 saturated carbocycles. The fraction of sp³-hybridized carbons (Fsp3) is 0.227. The number of carbonyl (C=O) groups excluding carboxylic acids is 1. The molecule has 4 aromatic heterocycles. The van der Waals surface area contributed by atoms with Crippen LogP contribution >= 0.6 is 0 Å². The molecule has 1 saturated heterocycles. The second-order valence-electron chi connectivity index (χ2n) is 8.19. The van der Waals surface area contributed by atoms with Crippen molar-refractivity contribution in [2.24, 2.45) is 0 Å². The smallest absolute Gasteiger partial charge is 0.249 e. The molecule has 5 heterocycles. The van der Waals surface area contributed by atoms with Crippen molar-refractivity contribution in [2.45, 2.75) is 11.6 Å². The lowest BCUT2D eigenvalue weighted by Gasteiger charge is -2.36. The first-order valence-electron chi connectivity index (χ1n) is 10.6. The Kier molecular flexibility index (Phi) is 4.57. The number of nitrogens with two attached hydrogens (primary N) is 1. The quantitative estimate of drug-likeness (QED) is 0.333. The highest BCUT2D eigenvalue weighted by atomic mass is 16.5. The van der Waals surface area contributed by atoms with E-state index < -0.39 is 11.6 Å². The molecule has 1 aliphatic heterocycles. The number of nitrogen functional groups attached to an aromatic ring is 1. The Balaban J connectivity index is 1.45. The standard InChI is InChI=1S/C22H20N8O4/c23-21-27-19-14(18-26-17(28-30(18)21)15-7-4-8-34-15)9-25-29(19)16(13-5-2-1-3-6-13)20(31)24-10-22(32)11-33-12-22/h1-9,16,32H,10-12H2,(H2,23,27)(H,24,31)/t16-/m1/s1. The monoisotopic (exact) mass is 460 g/mol. The van der Waals surface area contributed by atoms with Crippen molar-refractivity contribution in [1.29, 1.82) is 0 Å². The molecule has 1 atom stereocenters. The van der Waals surface area contributed by atoms with Gasteiger partial charge in [-0.1, -0.05) is 30.3 Å². The summed E-state index contributed by atoms with van der Waals surface area (Å²) in [7, 11) is 0. The highest BCUT2D eigenvalue weighted by molar-refractivity contribution is 5.92. The van der Waals surface area contributed by atoms with Gasteiger partial charge in [0.1, 0.15) is 5.60 Å². The summed E-state index contributed by atoms with van der Waals surface area (Å²) < 4.78 is 13.4. The third-order valence-electron chi connectivity index (χ3n) is 5.74. The number of rotatable bonds is 6. The number of fused-ring (bicyclic) bond motifs is 3. The van der Waals surface area contributed by atoms with Crippen molar-refractivity contribution < 1.29 is 19.1 Å². The number of aromatic nitrogens is 6. The third kappa shape index (κ3) is 3.27. The number of anilines is 1. The molecule has 172 valence electrons. The lowest BCUT2D eigenvalue weighted by atomic mass is 10.0. The Morgan fingerprint density at radius 2 is 2.00 bits per heavy atom. The average Bonchev–Trinajstić information content (AvgIpc) is 3.57. The van der Waals surface area contributed by atoms with Gasteiger partial charge < -0.3 is 25.3 Å². The number of nitrogens with zero attached hydrogens (tertiary/aromatic N) is 6. The molecule has 4 N–H and O–H groups in total. The number of ether oxygens (including phenoxy) is 1. The van der Waals surface area contributed by atoms with Gasteiger partial charge in [-0.05, 0) is 17.7 Å². The number of benzene rings is 1. The van der Waals surface area contributed by atoms with Gasteiger partial charge in [0.25, 0.3) is 0 Å². The zero-order valence-corrected chi connectivity index (χ0v) is 17.8. The van der Waals surface area contributed by atoms with E-state index in [-0.39, 0.29) is 31.6 Å². The number of aliphatic hydroxyl groups is 1. The van der Waals surface area contributed by atoms with E-state index in [2.05, 4.69) is 25.5 Å². The summed E-state index contributed by atoms with van der Waals surface area (Å²) in [4.78, 5) is 22.4. The number of furan rings is 1. The second-order valence-corrected chi connectivity index (χ2v) is 8.19. The van der Waals surface area contributed by atoms with E-state index >= 15 is 0 Å². The van der Waals surface area contributed by atoms with Gasteiger partial charge in [0.05, 0.1) is 37.6 Å². The highest BCUT2D eigenvalue weighted by Crippen LogP contribution is 2.28. The molecule has 0 bridgehead atoms. The summed E-state index contributed by atoms with van der Waals surface area (Å²) in [6.45, 7) is 0.411. The Morgan fingerprint density at radius 1 is 1.18 bits per heavy atom. The first-order chi connectivity index (χ1) is 16.5. The van der Waals surface area contributed by atoms with Crippen LogP contribution in [0.3, 0.4) is 0 Å². The van der Waals surface area contributed by atoms with Gasteiger partial charge in [-0.25, -0.2) is 9.67 Å². The van der Waals surface area contributed by atoms with Crippen molar-refractivity contribution >= 4 is 28.5 Å². The molecule has 0 unspecified atom stereocenters. The second kappa shape index (κ2) is 7.64. The van der Waals surface area contributed by atoms with Crippen LogP contribution < -0.4 is 11.1 Å². The maximum Gasteiger partial charge on any atom is 0.249 e. The summed E-state index contributed by atoms with van der Waals surface area (Å²) in [6.07, 6.45) is 3.11. The zero-order valence-electron chi connectivity index (χ0n) is 17.8. The normalized spacial score (nSPS) is 15.9. The Hall–Kier alpha value is -4.29. The van der Waals surface area contributed by atoms with E-state index in [4.69, 9.17) is 14.9 Å². The molecule has 34 heavy (non-hydrogen) atoms. The molecule has 6 rings (SSSR count). The summed E-state index contributed by atoms with van der Waals surface area (Å²) >= 11 is 0. The SMILES string of the molecule is Nc1nc2c(cnn2[C@@H](C(=O)NCC2(O)COC2)c2ccccc2)c2nc(-c3ccco3)nn12. The van der Waals surface area contributed by atoms with E-state index in [9.17, 15) is 9.90 Å². The van der Waals surface area contributed by atoms with Gasteiger partial charge >= 0.3 is 0 Å². The van der Waals surface area contributed by atoms with Crippen molar-refractivity contribution in [3.8, 4) is 11.6 Å². The van der Waals surface area contributed by atoms with Crippen molar-refractivity contribution in [3.05, 3.63) is 60.5 Å². The number of amides is 1. The Labute approximate surface area is 192 Å². The van der Waals surface area contributed by atoms with Crippen molar-refractivity contribution in [3.63, 3.8) is 0 Å². The number of hydrogen-bond acceptors (Lipinski definition) is 9. The Morgan fingerprint density at radius 3 is 2.71 bits per heavy atom. The molecule has 0 radical (unpaired) electrons. The lowest BCUT2D eigenvalue weighted by molar-refractivity contribution is -0.176. The summed E-state index contributed by atoms with van der Waals surface area (Å²) in [5.74, 6) is 0.576. The first-order valence-corrected chi connectivity index (χ1v) is 10.6. The van der Waals surface area contributed by atoms with E-state index in [0.717, 1.165) is 0 Å². The molecule has 1 amide bonds. The van der Waals surface area contributed by atoms with E-state index in [0.29, 0.717) is 33.8 Å². The molecule has 1 aliphatic rings. The summed E-state index contributed by atoms with van der Waals surface area (Å²) in [6, 6.07) is 11.8. The predicted molar refractivity (Wildman–Crippen MR) is 120 cm³/mol. The molecular weight excluding hydrogens is 440 g/mol. The van der Waals surface area contributed by atoms with Gasteiger partial charge in [-0.15, -0.1) is 5.10 Å². The van der Waals surface area contributed by atoms with Crippen LogP contribution in [-0.2, 0) is 9.53 Å². The van der Waals surface area contributed by atoms with E-state index in [1.54, 1.807) is 18.3 Å². The largest absolute Gasteiger partial charge is 0.461 e. The predicted octanol–water partition coefficient (Wildman–Crippen LogP) is 0.783. The van der Waals surface area contributed by atoms with Gasteiger partial charge in [0, 0.05) is 0 Å². The van der Waals surface area contributed by atoms with Crippen molar-refractivity contribution in [1.82, 2.24) is 34.7 Å². The molecular formula is C22H20N8O4. The number of hydrogen-bond donors (Lipinski definition) is 3. The number of carbonyl (C=O) groups is 1. The molecule has 1 fully saturated rings. The molecule has 0 spiro atoms. The van der Waals surface area contributed by atoms with Gasteiger partial charge in [0.2, 0.25) is 17.7 Å². The minimum absolute atomic E-state index is 0.0604. The molecule has 12 nitrogen and oxygen atoms in total. The van der Waals surface area contributed by atoms with Crippen LogP contribution in [0.1, 0.15) is 11.6 Å². The minimum atomic E-state index is -1.07. The topological polar surface area (TPSA) is 159 Å². The average molecular weight is 460 g/mol. The highest BCUT2D eigenvalue weighted by Gasteiger charge is 2.37. The van der Waals surface area contributed by atoms with Crippen LogP contribution in [0.25, 0.3) is 28.3 Å². The van der Waals surface area contributed by atoms with E-state index in [1.165, 1.54) is 15.5 Å². The van der Waals surface area contributed by atoms with Gasteiger partial charge in [-0.3, -0.25) is 4.79 Å². The molecule has 12 heteroatoms. The number of nitrogens with one attached hydrogen (secondary N) is 1. The van der Waals surface area contributed by atoms with Gasteiger partial charge in [0.15, 0.2) is 23.1 Å². The summed E-state index contributed by atoms with van der Waals surface area (Å²) in [5, 5.41) is 22.6. The summed E-state index contributed by atoms with van der Waals surface area (Å²) in [5.41, 5.74) is 6.64. The fourth-order valence-corrected chi connectivity index (χ4v) is 3.95. The van der Waals surface area contributed by atoms with Crippen LogP contribution in [-0.4, -0.2) is 65.7 Å². The maximum absolute atomic E-state index is 13.4. The van der Waals surface area contributed by atoms with E-state index in [1.807, 2.05) is 30.3 Å². The molecule has 5 aromatic rings. The van der Waals surface area contributed by atoms with Crippen LogP contribution in [0, 0.1) is 0 Å². The van der Waals surface area contributed by atoms with Crippen LogP contribution in [0.15, 0.2) is 59.3 Å². The van der Waals surface area contributed by atoms with Crippen LogP contribution in [0.4, 0.5) is 5.95 Å². The molecule has 1 aromatic carbocycles. The first kappa shape index (κ1) is 20.3. The lowest BCUT2D eigenvalue weighted by Crippen LogP contribution is -2.57.